The quantitative estimate of drug-likeness (QED) is 0.770. The zero-order valence-electron chi connectivity index (χ0n) is 11.9. The first-order chi connectivity index (χ1) is 10.1. The topological polar surface area (TPSA) is 67.6 Å². The summed E-state index contributed by atoms with van der Waals surface area (Å²) in [7, 11) is 1.90. The number of benzene rings is 1. The lowest BCUT2D eigenvalue weighted by molar-refractivity contribution is 0.765. The van der Waals surface area contributed by atoms with Gasteiger partial charge in [0.2, 0.25) is 0 Å². The molecular weight excluding hydrogens is 266 g/mol. The maximum atomic E-state index is 11.6. The molecule has 2 N–H and O–H groups in total. The van der Waals surface area contributed by atoms with E-state index in [1.807, 2.05) is 43.7 Å². The highest BCUT2D eigenvalue weighted by Crippen LogP contribution is 2.19. The molecule has 108 valence electrons. The van der Waals surface area contributed by atoms with Gasteiger partial charge in [0.1, 0.15) is 0 Å². The van der Waals surface area contributed by atoms with Crippen molar-refractivity contribution in [3.05, 3.63) is 65.1 Å². The largest absolute Gasteiger partial charge is 0.378 e. The average molecular weight is 283 g/mol. The molecule has 1 atom stereocenters. The number of aryl methyl sites for hydroxylation is 1. The number of rotatable bonds is 4. The fourth-order valence-electron chi connectivity index (χ4n) is 2.24. The van der Waals surface area contributed by atoms with Crippen LogP contribution in [0.3, 0.4) is 0 Å². The SMILES string of the molecule is CC(Nc1ccc(-n2cc[nH]c2=O)cc1)c1cnn(C)c1. The maximum absolute atomic E-state index is 11.6. The van der Waals surface area contributed by atoms with Gasteiger partial charge in [0, 0.05) is 36.9 Å². The summed E-state index contributed by atoms with van der Waals surface area (Å²) in [5.74, 6) is 0. The summed E-state index contributed by atoms with van der Waals surface area (Å²) in [5, 5.41) is 7.58. The molecule has 0 bridgehead atoms. The van der Waals surface area contributed by atoms with Crippen LogP contribution in [0, 0.1) is 0 Å². The molecular formula is C15H17N5O. The van der Waals surface area contributed by atoms with Crippen LogP contribution in [0.15, 0.2) is 53.8 Å². The standard InChI is InChI=1S/C15H17N5O/c1-11(12-9-17-19(2)10-12)18-13-3-5-14(6-4-13)20-8-7-16-15(20)21/h3-11,18H,1-2H3,(H,16,21). The van der Waals surface area contributed by atoms with Gasteiger partial charge in [0.25, 0.3) is 0 Å². The number of hydrogen-bond donors (Lipinski definition) is 2. The van der Waals surface area contributed by atoms with Crippen LogP contribution in [0.1, 0.15) is 18.5 Å². The van der Waals surface area contributed by atoms with Gasteiger partial charge in [-0.2, -0.15) is 5.10 Å². The summed E-state index contributed by atoms with van der Waals surface area (Å²) in [6.45, 7) is 2.08. The first kappa shape index (κ1) is 13.2. The van der Waals surface area contributed by atoms with Crippen molar-refractivity contribution in [1.29, 1.82) is 0 Å². The summed E-state index contributed by atoms with van der Waals surface area (Å²) in [6, 6.07) is 7.91. The highest BCUT2D eigenvalue weighted by Gasteiger charge is 2.07. The van der Waals surface area contributed by atoms with Gasteiger partial charge in [0.05, 0.1) is 17.9 Å². The molecule has 0 amide bonds. The van der Waals surface area contributed by atoms with E-state index < -0.39 is 0 Å². The molecule has 0 aliphatic rings. The second-order valence-corrected chi connectivity index (χ2v) is 5.00. The molecule has 1 aromatic carbocycles. The first-order valence-electron chi connectivity index (χ1n) is 6.75. The van der Waals surface area contributed by atoms with Crippen LogP contribution >= 0.6 is 0 Å². The van der Waals surface area contributed by atoms with Gasteiger partial charge in [-0.05, 0) is 31.2 Å². The molecule has 1 unspecified atom stereocenters. The van der Waals surface area contributed by atoms with Gasteiger partial charge in [-0.25, -0.2) is 4.79 Å². The van der Waals surface area contributed by atoms with E-state index in [4.69, 9.17) is 0 Å². The fourth-order valence-corrected chi connectivity index (χ4v) is 2.24. The Balaban J connectivity index is 1.76. The number of anilines is 1. The second-order valence-electron chi connectivity index (χ2n) is 5.00. The molecule has 3 aromatic rings. The minimum absolute atomic E-state index is 0.139. The highest BCUT2D eigenvalue weighted by molar-refractivity contribution is 5.50. The molecule has 0 saturated heterocycles. The number of hydrogen-bond acceptors (Lipinski definition) is 3. The van der Waals surface area contributed by atoms with E-state index in [1.165, 1.54) is 0 Å². The number of nitrogens with one attached hydrogen (secondary N) is 2. The molecule has 0 saturated carbocycles. The van der Waals surface area contributed by atoms with E-state index >= 15 is 0 Å². The summed E-state index contributed by atoms with van der Waals surface area (Å²) >= 11 is 0. The third kappa shape index (κ3) is 2.74. The molecule has 2 aromatic heterocycles. The van der Waals surface area contributed by atoms with Crippen LogP contribution in [0.2, 0.25) is 0 Å². The molecule has 6 nitrogen and oxygen atoms in total. The molecule has 3 rings (SSSR count). The molecule has 6 heteroatoms. The van der Waals surface area contributed by atoms with E-state index in [0.717, 1.165) is 16.9 Å². The summed E-state index contributed by atoms with van der Waals surface area (Å²) in [5.41, 5.74) is 2.82. The Hall–Kier alpha value is -2.76. The number of aromatic nitrogens is 4. The third-order valence-corrected chi connectivity index (χ3v) is 3.40. The van der Waals surface area contributed by atoms with Crippen LogP contribution in [0.25, 0.3) is 5.69 Å². The molecule has 0 aliphatic carbocycles. The average Bonchev–Trinajstić information content (AvgIpc) is 3.08. The van der Waals surface area contributed by atoms with Crippen molar-refractivity contribution < 1.29 is 0 Å². The fraction of sp³-hybridized carbons (Fsp3) is 0.200. The van der Waals surface area contributed by atoms with Crippen LogP contribution in [-0.2, 0) is 7.05 Å². The van der Waals surface area contributed by atoms with Gasteiger partial charge < -0.3 is 10.3 Å². The third-order valence-electron chi connectivity index (χ3n) is 3.40. The normalized spacial score (nSPS) is 12.3. The predicted molar refractivity (Wildman–Crippen MR) is 81.6 cm³/mol. The van der Waals surface area contributed by atoms with Crippen molar-refractivity contribution in [1.82, 2.24) is 19.3 Å². The molecule has 0 fully saturated rings. The van der Waals surface area contributed by atoms with E-state index in [9.17, 15) is 4.79 Å². The van der Waals surface area contributed by atoms with Gasteiger partial charge in [-0.15, -0.1) is 0 Å². The smallest absolute Gasteiger partial charge is 0.330 e. The van der Waals surface area contributed by atoms with Gasteiger partial charge in [0.15, 0.2) is 0 Å². The van der Waals surface area contributed by atoms with E-state index in [2.05, 4.69) is 22.3 Å². The summed E-state index contributed by atoms with van der Waals surface area (Å²) in [6.07, 6.45) is 7.18. The van der Waals surface area contributed by atoms with E-state index in [1.54, 1.807) is 21.6 Å². The maximum Gasteiger partial charge on any atom is 0.330 e. The molecule has 2 heterocycles. The summed E-state index contributed by atoms with van der Waals surface area (Å²) in [4.78, 5) is 14.2. The van der Waals surface area contributed by atoms with Crippen molar-refractivity contribution in [2.24, 2.45) is 7.05 Å². The van der Waals surface area contributed by atoms with Crippen molar-refractivity contribution in [3.63, 3.8) is 0 Å². The second kappa shape index (κ2) is 5.32. The lowest BCUT2D eigenvalue weighted by Gasteiger charge is -2.14. The molecule has 0 spiro atoms. The number of nitrogens with zero attached hydrogens (tertiary/aromatic N) is 3. The van der Waals surface area contributed by atoms with E-state index in [-0.39, 0.29) is 11.7 Å². The Morgan fingerprint density at radius 2 is 2.05 bits per heavy atom. The van der Waals surface area contributed by atoms with Gasteiger partial charge in [-0.3, -0.25) is 9.25 Å². The van der Waals surface area contributed by atoms with Crippen LogP contribution in [0.4, 0.5) is 5.69 Å². The van der Waals surface area contributed by atoms with Crippen LogP contribution < -0.4 is 11.0 Å². The van der Waals surface area contributed by atoms with Crippen molar-refractivity contribution in [3.8, 4) is 5.69 Å². The Morgan fingerprint density at radius 1 is 1.29 bits per heavy atom. The van der Waals surface area contributed by atoms with Gasteiger partial charge >= 0.3 is 5.69 Å². The van der Waals surface area contributed by atoms with Crippen molar-refractivity contribution in [2.45, 2.75) is 13.0 Å². The number of imidazole rings is 1. The number of H-pyrrole nitrogens is 1. The van der Waals surface area contributed by atoms with Crippen LogP contribution in [0.5, 0.6) is 0 Å². The minimum Gasteiger partial charge on any atom is -0.378 e. The lowest BCUT2D eigenvalue weighted by Crippen LogP contribution is -2.14. The Morgan fingerprint density at radius 3 is 2.62 bits per heavy atom. The zero-order valence-corrected chi connectivity index (χ0v) is 11.9. The minimum atomic E-state index is -0.139. The summed E-state index contributed by atoms with van der Waals surface area (Å²) < 4.78 is 3.35. The first-order valence-corrected chi connectivity index (χ1v) is 6.75. The van der Waals surface area contributed by atoms with Crippen molar-refractivity contribution in [2.75, 3.05) is 5.32 Å². The Kier molecular flexibility index (Phi) is 3.35. The Labute approximate surface area is 122 Å². The highest BCUT2D eigenvalue weighted by atomic mass is 16.1. The van der Waals surface area contributed by atoms with Gasteiger partial charge in [-0.1, -0.05) is 0 Å². The molecule has 0 aliphatic heterocycles. The molecule has 0 radical (unpaired) electrons. The van der Waals surface area contributed by atoms with E-state index in [0.29, 0.717) is 0 Å². The lowest BCUT2D eigenvalue weighted by atomic mass is 10.2. The monoisotopic (exact) mass is 283 g/mol. The molecule has 21 heavy (non-hydrogen) atoms. The number of aromatic amines is 1. The van der Waals surface area contributed by atoms with Crippen molar-refractivity contribution >= 4 is 5.69 Å². The Bertz CT molecular complexity index is 781. The predicted octanol–water partition coefficient (Wildman–Crippen LogP) is 2.07. The van der Waals surface area contributed by atoms with Crippen LogP contribution in [-0.4, -0.2) is 19.3 Å². The zero-order chi connectivity index (χ0) is 14.8.